The zero-order valence-electron chi connectivity index (χ0n) is 7.32. The Labute approximate surface area is 78.4 Å². The van der Waals surface area contributed by atoms with Crippen LogP contribution in [0.5, 0.6) is 0 Å². The zero-order chi connectivity index (χ0) is 9.71. The summed E-state index contributed by atoms with van der Waals surface area (Å²) in [6.07, 6.45) is 0.797. The molecule has 70 valence electrons. The summed E-state index contributed by atoms with van der Waals surface area (Å²) in [5.74, 6) is -0.549. The first kappa shape index (κ1) is 7.55. The summed E-state index contributed by atoms with van der Waals surface area (Å²) in [7, 11) is 0. The highest BCUT2D eigenvalue weighted by molar-refractivity contribution is 5.82. The minimum absolute atomic E-state index is 0.500. The topological polar surface area (TPSA) is 52.2 Å². The van der Waals surface area contributed by atoms with Gasteiger partial charge < -0.3 is 4.42 Å². The van der Waals surface area contributed by atoms with Gasteiger partial charge in [0.05, 0.1) is 10.9 Å². The van der Waals surface area contributed by atoms with Crippen LogP contribution in [0.1, 0.15) is 5.56 Å². The maximum atomic E-state index is 11.4. The van der Waals surface area contributed by atoms with Gasteiger partial charge in [-0.1, -0.05) is 12.1 Å². The second-order valence-electron chi connectivity index (χ2n) is 3.37. The summed E-state index contributed by atoms with van der Waals surface area (Å²) in [5.41, 5.74) is 1.26. The van der Waals surface area contributed by atoms with Gasteiger partial charge in [0.25, 0.3) is 0 Å². The van der Waals surface area contributed by atoms with E-state index in [2.05, 4.69) is 4.42 Å². The van der Waals surface area contributed by atoms with Crippen molar-refractivity contribution in [2.75, 3.05) is 0 Å². The van der Waals surface area contributed by atoms with Crippen LogP contribution in [0.15, 0.2) is 32.2 Å². The van der Waals surface area contributed by atoms with Crippen molar-refractivity contribution < 1.29 is 4.42 Å². The maximum Gasteiger partial charge on any atom is 0.422 e. The molecule has 0 bridgehead atoms. The molecule has 0 atom stereocenters. The number of hydrogen-bond donors (Lipinski definition) is 0. The molecule has 0 N–H and O–H groups in total. The Bertz CT molecular complexity index is 636. The Morgan fingerprint density at radius 1 is 1.29 bits per heavy atom. The monoisotopic (exact) mass is 189 g/mol. The minimum atomic E-state index is -0.549. The fraction of sp³-hybridized carbons (Fsp3) is 0.200. The zero-order valence-corrected chi connectivity index (χ0v) is 7.32. The van der Waals surface area contributed by atoms with Crippen molar-refractivity contribution in [1.29, 1.82) is 0 Å². The largest absolute Gasteiger partial charge is 0.422 e. The van der Waals surface area contributed by atoms with Crippen molar-refractivity contribution in [3.8, 4) is 0 Å². The van der Waals surface area contributed by atoms with Crippen LogP contribution in [0, 0.1) is 0 Å². The number of aromatic nitrogens is 1. The Kier molecular flexibility index (Phi) is 1.27. The van der Waals surface area contributed by atoms with Crippen molar-refractivity contribution in [2.24, 2.45) is 0 Å². The number of aryl methyl sites for hydroxylation is 2. The lowest BCUT2D eigenvalue weighted by Gasteiger charge is -1.99. The number of benzene rings is 1. The lowest BCUT2D eigenvalue weighted by molar-refractivity contribution is 0.423. The molecule has 0 amide bonds. The predicted octanol–water partition coefficient (Wildman–Crippen LogP) is 0.511. The van der Waals surface area contributed by atoms with Gasteiger partial charge in [-0.15, -0.1) is 0 Å². The summed E-state index contributed by atoms with van der Waals surface area (Å²) in [6, 6.07) is 5.44. The molecule has 14 heavy (non-hydrogen) atoms. The smallest absolute Gasteiger partial charge is 0.372 e. The van der Waals surface area contributed by atoms with Crippen LogP contribution in [0.4, 0.5) is 0 Å². The SMILES string of the molecule is O=c1oc(=O)n2c3c(cccc13)CC2. The second kappa shape index (κ2) is 2.35. The molecule has 2 aromatic rings. The molecular formula is C10H7NO3. The molecule has 0 spiro atoms. The van der Waals surface area contributed by atoms with Crippen molar-refractivity contribution in [2.45, 2.75) is 13.0 Å². The normalized spacial score (nSPS) is 13.7. The maximum absolute atomic E-state index is 11.4. The Morgan fingerprint density at radius 2 is 2.14 bits per heavy atom. The van der Waals surface area contributed by atoms with Crippen LogP contribution in [0.25, 0.3) is 10.9 Å². The van der Waals surface area contributed by atoms with Crippen LogP contribution in [-0.4, -0.2) is 4.57 Å². The van der Waals surface area contributed by atoms with Gasteiger partial charge in [0.15, 0.2) is 0 Å². The van der Waals surface area contributed by atoms with Crippen molar-refractivity contribution >= 4 is 10.9 Å². The summed E-state index contributed by atoms with van der Waals surface area (Å²) in [4.78, 5) is 22.7. The summed E-state index contributed by atoms with van der Waals surface area (Å²) in [5, 5.41) is 0.500. The molecule has 4 nitrogen and oxygen atoms in total. The van der Waals surface area contributed by atoms with E-state index in [0.29, 0.717) is 11.9 Å². The molecule has 1 aromatic heterocycles. The molecule has 0 radical (unpaired) electrons. The predicted molar refractivity (Wildman–Crippen MR) is 50.4 cm³/mol. The third-order valence-corrected chi connectivity index (χ3v) is 2.61. The number of nitrogens with zero attached hydrogens (tertiary/aromatic N) is 1. The standard InChI is InChI=1S/C10H7NO3/c12-9-7-3-1-2-6-4-5-11(8(6)7)10(13)14-9/h1-3H,4-5H2. The van der Waals surface area contributed by atoms with E-state index in [4.69, 9.17) is 0 Å². The quantitative estimate of drug-likeness (QED) is 0.606. The van der Waals surface area contributed by atoms with Crippen LogP contribution in [-0.2, 0) is 13.0 Å². The molecule has 2 heterocycles. The van der Waals surface area contributed by atoms with Crippen LogP contribution >= 0.6 is 0 Å². The molecule has 3 rings (SSSR count). The van der Waals surface area contributed by atoms with Gasteiger partial charge in [-0.3, -0.25) is 4.57 Å². The lowest BCUT2D eigenvalue weighted by Crippen LogP contribution is -2.22. The summed E-state index contributed by atoms with van der Waals surface area (Å²) in [6.45, 7) is 0.610. The van der Waals surface area contributed by atoms with E-state index in [1.54, 1.807) is 6.07 Å². The van der Waals surface area contributed by atoms with Gasteiger partial charge in [0.2, 0.25) is 0 Å². The first-order valence-corrected chi connectivity index (χ1v) is 4.43. The van der Waals surface area contributed by atoms with Gasteiger partial charge in [0.1, 0.15) is 0 Å². The van der Waals surface area contributed by atoms with Gasteiger partial charge in [-0.2, -0.15) is 0 Å². The Balaban J connectivity index is 2.72. The number of rotatable bonds is 0. The number of hydrogen-bond acceptors (Lipinski definition) is 3. The van der Waals surface area contributed by atoms with E-state index in [-0.39, 0.29) is 0 Å². The molecule has 0 aliphatic carbocycles. The van der Waals surface area contributed by atoms with Crippen molar-refractivity contribution in [3.63, 3.8) is 0 Å². The molecule has 0 unspecified atom stereocenters. The van der Waals surface area contributed by atoms with Gasteiger partial charge in [-0.25, -0.2) is 9.59 Å². The second-order valence-corrected chi connectivity index (χ2v) is 3.37. The average Bonchev–Trinajstić information content (AvgIpc) is 2.59. The third kappa shape index (κ3) is 0.775. The molecule has 0 saturated heterocycles. The third-order valence-electron chi connectivity index (χ3n) is 2.61. The molecule has 1 aliphatic heterocycles. The van der Waals surface area contributed by atoms with E-state index in [9.17, 15) is 9.59 Å². The molecule has 0 fully saturated rings. The molecule has 1 aliphatic rings. The first-order chi connectivity index (χ1) is 6.77. The summed E-state index contributed by atoms with van der Waals surface area (Å²) >= 11 is 0. The number of para-hydroxylation sites is 1. The van der Waals surface area contributed by atoms with E-state index in [1.807, 2.05) is 12.1 Å². The fourth-order valence-corrected chi connectivity index (χ4v) is 1.99. The highest BCUT2D eigenvalue weighted by Crippen LogP contribution is 2.20. The van der Waals surface area contributed by atoms with E-state index < -0.39 is 11.4 Å². The van der Waals surface area contributed by atoms with Gasteiger partial charge in [0, 0.05) is 6.54 Å². The summed E-state index contributed by atoms with van der Waals surface area (Å²) < 4.78 is 6.12. The average molecular weight is 189 g/mol. The van der Waals surface area contributed by atoms with E-state index in [1.165, 1.54) is 4.57 Å². The first-order valence-electron chi connectivity index (χ1n) is 4.43. The van der Waals surface area contributed by atoms with Crippen LogP contribution in [0.3, 0.4) is 0 Å². The molecule has 4 heteroatoms. The minimum Gasteiger partial charge on any atom is -0.372 e. The van der Waals surface area contributed by atoms with Crippen molar-refractivity contribution in [3.05, 3.63) is 44.7 Å². The highest BCUT2D eigenvalue weighted by atomic mass is 16.4. The van der Waals surface area contributed by atoms with Crippen molar-refractivity contribution in [1.82, 2.24) is 4.57 Å². The fourth-order valence-electron chi connectivity index (χ4n) is 1.99. The van der Waals surface area contributed by atoms with E-state index >= 15 is 0 Å². The van der Waals surface area contributed by atoms with Crippen LogP contribution in [0.2, 0.25) is 0 Å². The molecular weight excluding hydrogens is 182 g/mol. The van der Waals surface area contributed by atoms with Gasteiger partial charge in [-0.05, 0) is 18.1 Å². The lowest BCUT2D eigenvalue weighted by atomic mass is 10.1. The highest BCUT2D eigenvalue weighted by Gasteiger charge is 2.17. The van der Waals surface area contributed by atoms with Crippen LogP contribution < -0.4 is 11.4 Å². The Hall–Kier alpha value is -1.84. The van der Waals surface area contributed by atoms with Gasteiger partial charge >= 0.3 is 11.4 Å². The van der Waals surface area contributed by atoms with E-state index in [0.717, 1.165) is 17.5 Å². The molecule has 0 saturated carbocycles. The Morgan fingerprint density at radius 3 is 3.00 bits per heavy atom. The molecule has 1 aromatic carbocycles.